The third kappa shape index (κ3) is 10.5. The summed E-state index contributed by atoms with van der Waals surface area (Å²) in [5, 5.41) is 0. The molecule has 6 radical (unpaired) electrons. The van der Waals surface area contributed by atoms with Crippen LogP contribution in [0.5, 0.6) is 0 Å². The van der Waals surface area contributed by atoms with Gasteiger partial charge in [0.25, 0.3) is 0 Å². The zero-order chi connectivity index (χ0) is 0. The maximum atomic E-state index is 0. The molecule has 0 bridgehead atoms. The van der Waals surface area contributed by atoms with Crippen LogP contribution in [0.15, 0.2) is 0 Å². The summed E-state index contributed by atoms with van der Waals surface area (Å²) in [4.78, 5) is 0. The van der Waals surface area contributed by atoms with Crippen molar-refractivity contribution in [2.75, 3.05) is 0 Å². The van der Waals surface area contributed by atoms with Gasteiger partial charge in [0.15, 0.2) is 0 Å². The molecule has 0 saturated carbocycles. The van der Waals surface area contributed by atoms with Crippen LogP contribution in [0.1, 0.15) is 7.43 Å². The molecule has 3 heteroatoms. The summed E-state index contributed by atoms with van der Waals surface area (Å²) in [6.07, 6.45) is 0. The summed E-state index contributed by atoms with van der Waals surface area (Å²) in [6, 6.07) is 0. The van der Waals surface area contributed by atoms with Crippen molar-refractivity contribution in [2.45, 2.75) is 7.43 Å². The molecule has 0 heterocycles. The topological polar surface area (TPSA) is 0 Å². The van der Waals surface area contributed by atoms with Gasteiger partial charge >= 0.3 is 0 Å². The van der Waals surface area contributed by atoms with Gasteiger partial charge in [0.1, 0.15) is 0 Å². The molecule has 0 aromatic rings. The molecule has 0 saturated heterocycles. The van der Waals surface area contributed by atoms with Crippen LogP contribution in [0.25, 0.3) is 0 Å². The Morgan fingerprint density at radius 1 is 1.00 bits per heavy atom. The molecule has 0 atom stereocenters. The van der Waals surface area contributed by atoms with Gasteiger partial charge in [-0.15, -0.1) is 0 Å². The molecular formula is CH4CuMnSi. The number of rotatable bonds is 0. The summed E-state index contributed by atoms with van der Waals surface area (Å²) < 4.78 is 0. The molecule has 0 aliphatic rings. The molecule has 30 valence electrons. The van der Waals surface area contributed by atoms with Crippen LogP contribution in [0.3, 0.4) is 0 Å². The molecule has 0 amide bonds. The van der Waals surface area contributed by atoms with Crippen molar-refractivity contribution < 1.29 is 34.1 Å². The predicted molar refractivity (Wildman–Crippen MR) is 12.5 cm³/mol. The molecule has 0 aliphatic heterocycles. The summed E-state index contributed by atoms with van der Waals surface area (Å²) in [5.74, 6) is 0. The molecule has 4 heavy (non-hydrogen) atoms. The van der Waals surface area contributed by atoms with E-state index in [1.54, 1.807) is 0 Å². The second kappa shape index (κ2) is 28.6. The largest absolute Gasteiger partial charge is 0.0776 e. The second-order valence-corrected chi connectivity index (χ2v) is 0. The van der Waals surface area contributed by atoms with E-state index in [0.29, 0.717) is 0 Å². The first-order chi connectivity index (χ1) is 0. The van der Waals surface area contributed by atoms with Gasteiger partial charge in [0.2, 0.25) is 0 Å². The average Bonchev–Trinajstić information content (AvgIpc) is 0. The molecule has 0 unspecified atom stereocenters. The van der Waals surface area contributed by atoms with Crippen molar-refractivity contribution in [1.82, 2.24) is 0 Å². The van der Waals surface area contributed by atoms with Crippen molar-refractivity contribution in [3.8, 4) is 0 Å². The maximum absolute atomic E-state index is 0. The van der Waals surface area contributed by atoms with Crippen molar-refractivity contribution in [2.24, 2.45) is 0 Å². The van der Waals surface area contributed by atoms with Gasteiger partial charge in [-0.1, -0.05) is 7.43 Å². The minimum Gasteiger partial charge on any atom is -0.0776 e. The molecule has 0 fully saturated rings. The predicted octanol–water partition coefficient (Wildman–Crippen LogP) is 0.250. The van der Waals surface area contributed by atoms with E-state index in [4.69, 9.17) is 0 Å². The van der Waals surface area contributed by atoms with Gasteiger partial charge in [0, 0.05) is 45.1 Å². The Kier molecular flexibility index (Phi) is 432. The van der Waals surface area contributed by atoms with E-state index in [0.717, 1.165) is 0 Å². The summed E-state index contributed by atoms with van der Waals surface area (Å²) in [7, 11) is 0. The normalized spacial score (nSPS) is 0. The smallest absolute Gasteiger partial charge is 0 e. The monoisotopic (exact) mass is 162 g/mol. The van der Waals surface area contributed by atoms with Crippen LogP contribution in [-0.4, -0.2) is 11.0 Å². The maximum Gasteiger partial charge on any atom is 0 e. The fraction of sp³-hybridized carbons (Fsp3) is 1.00. The summed E-state index contributed by atoms with van der Waals surface area (Å²) in [6.45, 7) is 0. The first kappa shape index (κ1) is 60.4. The Morgan fingerprint density at radius 3 is 1.00 bits per heavy atom. The molecule has 0 aliphatic carbocycles. The minimum absolute atomic E-state index is 0. The van der Waals surface area contributed by atoms with Gasteiger partial charge in [-0.25, -0.2) is 0 Å². The quantitative estimate of drug-likeness (QED) is 0.448. The van der Waals surface area contributed by atoms with E-state index in [1.165, 1.54) is 0 Å². The zero-order valence-electron chi connectivity index (χ0n) is 1.18. The number of hydrogen-bond donors (Lipinski definition) is 0. The zero-order valence-corrected chi connectivity index (χ0v) is 4.30. The Bertz CT molecular complexity index is 8.00. The van der Waals surface area contributed by atoms with Crippen LogP contribution in [-0.2, 0) is 34.1 Å². The standard InChI is InChI=1S/CH4.Cu.Mn.Si/h1H4;;;. The van der Waals surface area contributed by atoms with E-state index < -0.39 is 0 Å². The van der Waals surface area contributed by atoms with Crippen LogP contribution in [0.4, 0.5) is 0 Å². The minimum atomic E-state index is 0. The van der Waals surface area contributed by atoms with Crippen molar-refractivity contribution in [1.29, 1.82) is 0 Å². The van der Waals surface area contributed by atoms with Gasteiger partial charge in [-0.3, -0.25) is 0 Å². The Labute approximate surface area is 52.7 Å². The van der Waals surface area contributed by atoms with E-state index in [2.05, 4.69) is 0 Å². The molecule has 0 aromatic heterocycles. The van der Waals surface area contributed by atoms with Gasteiger partial charge < -0.3 is 0 Å². The number of hydrogen-bond acceptors (Lipinski definition) is 0. The Morgan fingerprint density at radius 2 is 1.00 bits per heavy atom. The average molecular weight is 163 g/mol. The van der Waals surface area contributed by atoms with Gasteiger partial charge in [-0.05, 0) is 0 Å². The van der Waals surface area contributed by atoms with Crippen LogP contribution >= 0.6 is 0 Å². The molecule has 0 N–H and O–H groups in total. The van der Waals surface area contributed by atoms with Crippen molar-refractivity contribution >= 4 is 11.0 Å². The van der Waals surface area contributed by atoms with E-state index in [-0.39, 0.29) is 52.5 Å². The van der Waals surface area contributed by atoms with Gasteiger partial charge in [0.05, 0.1) is 0 Å². The van der Waals surface area contributed by atoms with Crippen molar-refractivity contribution in [3.05, 3.63) is 0 Å². The molecule has 0 rings (SSSR count). The fourth-order valence-electron chi connectivity index (χ4n) is 0. The Hall–Kier alpha value is 1.26. The van der Waals surface area contributed by atoms with E-state index in [9.17, 15) is 0 Å². The fourth-order valence-corrected chi connectivity index (χ4v) is 0. The van der Waals surface area contributed by atoms with E-state index in [1.807, 2.05) is 0 Å². The first-order valence-electron chi connectivity index (χ1n) is 0. The molecule has 0 spiro atoms. The van der Waals surface area contributed by atoms with Gasteiger partial charge in [-0.2, -0.15) is 0 Å². The summed E-state index contributed by atoms with van der Waals surface area (Å²) >= 11 is 0. The van der Waals surface area contributed by atoms with Crippen molar-refractivity contribution in [3.63, 3.8) is 0 Å². The third-order valence-corrected chi connectivity index (χ3v) is 0. The van der Waals surface area contributed by atoms with Crippen LogP contribution in [0, 0.1) is 0 Å². The van der Waals surface area contributed by atoms with E-state index >= 15 is 0 Å². The Balaban J connectivity index is 0. The third-order valence-electron chi connectivity index (χ3n) is 0. The second-order valence-electron chi connectivity index (χ2n) is 0. The summed E-state index contributed by atoms with van der Waals surface area (Å²) in [5.41, 5.74) is 0. The SMILES string of the molecule is C.[Cu].[Mn].[Si]. The van der Waals surface area contributed by atoms with Crippen LogP contribution in [0.2, 0.25) is 0 Å². The molecular weight excluding hydrogens is 159 g/mol. The molecule has 0 nitrogen and oxygen atoms in total. The molecule has 0 aromatic carbocycles. The first-order valence-corrected chi connectivity index (χ1v) is 0. The van der Waals surface area contributed by atoms with Crippen LogP contribution < -0.4 is 0 Å².